The third-order valence-electron chi connectivity index (χ3n) is 6.16. The molecule has 1 aliphatic heterocycles. The number of hydrogen-bond donors (Lipinski definition) is 2. The molecular formula is C28H34N6O5. The van der Waals surface area contributed by atoms with Crippen molar-refractivity contribution in [3.05, 3.63) is 65.7 Å². The molecule has 1 aromatic carbocycles. The van der Waals surface area contributed by atoms with Crippen LogP contribution in [-0.2, 0) is 9.47 Å². The van der Waals surface area contributed by atoms with Crippen LogP contribution in [0.25, 0.3) is 11.3 Å². The number of hydrogen-bond acceptors (Lipinski definition) is 8. The van der Waals surface area contributed by atoms with Gasteiger partial charge in [-0.2, -0.15) is 0 Å². The second kappa shape index (κ2) is 11.5. The second-order valence-corrected chi connectivity index (χ2v) is 10.2. The molecule has 0 radical (unpaired) electrons. The highest BCUT2D eigenvalue weighted by Gasteiger charge is 2.36. The minimum atomic E-state index is -0.664. The maximum atomic E-state index is 13.0. The molecule has 0 unspecified atom stereocenters. The lowest BCUT2D eigenvalue weighted by Crippen LogP contribution is -2.43. The highest BCUT2D eigenvalue weighted by atomic mass is 16.6. The molecule has 0 saturated carbocycles. The Kier molecular flexibility index (Phi) is 8.18. The lowest BCUT2D eigenvalue weighted by atomic mass is 10.0. The molecule has 3 N–H and O–H groups in total. The monoisotopic (exact) mass is 534 g/mol. The van der Waals surface area contributed by atoms with Crippen LogP contribution in [0.4, 0.5) is 10.6 Å². The van der Waals surface area contributed by atoms with Crippen LogP contribution in [0, 0.1) is 0 Å². The molecule has 0 aliphatic carbocycles. The Morgan fingerprint density at radius 1 is 1.10 bits per heavy atom. The summed E-state index contributed by atoms with van der Waals surface area (Å²) in [6.07, 6.45) is 3.42. The fourth-order valence-electron chi connectivity index (χ4n) is 4.42. The number of anilines is 1. The maximum Gasteiger partial charge on any atom is 0.410 e. The van der Waals surface area contributed by atoms with Gasteiger partial charge in [-0.25, -0.2) is 24.2 Å². The number of aromatic nitrogens is 3. The number of nitrogens with one attached hydrogen (secondary N) is 1. The van der Waals surface area contributed by atoms with Crippen molar-refractivity contribution in [3.8, 4) is 11.3 Å². The smallest absolute Gasteiger partial charge is 0.410 e. The number of nitrogens with two attached hydrogens (primary N) is 1. The van der Waals surface area contributed by atoms with Crippen LogP contribution in [0.15, 0.2) is 48.7 Å². The third kappa shape index (κ3) is 6.36. The number of carbonyl (C=O) groups excluding carboxylic acids is 3. The van der Waals surface area contributed by atoms with Gasteiger partial charge in [0.15, 0.2) is 11.5 Å². The van der Waals surface area contributed by atoms with E-state index in [1.54, 1.807) is 60.5 Å². The molecule has 0 bridgehead atoms. The van der Waals surface area contributed by atoms with Crippen molar-refractivity contribution in [2.24, 2.45) is 0 Å². The Balaban J connectivity index is 1.68. The number of imidazole rings is 1. The molecular weight excluding hydrogens is 500 g/mol. The Morgan fingerprint density at radius 3 is 2.49 bits per heavy atom. The molecule has 39 heavy (non-hydrogen) atoms. The number of esters is 1. The molecule has 206 valence electrons. The number of benzene rings is 1. The number of carbonyl (C=O) groups is 3. The van der Waals surface area contributed by atoms with E-state index in [2.05, 4.69) is 10.3 Å². The first-order valence-corrected chi connectivity index (χ1v) is 13.0. The summed E-state index contributed by atoms with van der Waals surface area (Å²) in [4.78, 5) is 49.2. The zero-order valence-electron chi connectivity index (χ0n) is 22.6. The van der Waals surface area contributed by atoms with Crippen molar-refractivity contribution in [1.82, 2.24) is 19.5 Å². The molecule has 1 aliphatic rings. The van der Waals surface area contributed by atoms with Crippen LogP contribution >= 0.6 is 0 Å². The first-order chi connectivity index (χ1) is 18.6. The first kappa shape index (κ1) is 27.6. The van der Waals surface area contributed by atoms with Gasteiger partial charge >= 0.3 is 12.1 Å². The first-order valence-electron chi connectivity index (χ1n) is 13.0. The largest absolute Gasteiger partial charge is 0.461 e. The number of pyridine rings is 1. The summed E-state index contributed by atoms with van der Waals surface area (Å²) in [7, 11) is 0. The number of amides is 2. The number of ether oxygens (including phenoxy) is 2. The molecule has 4 rings (SSSR count). The van der Waals surface area contributed by atoms with Gasteiger partial charge in [0.25, 0.3) is 5.91 Å². The standard InChI is InChI=1S/C28H34N6O5/c1-5-38-26(36)23-22(18-12-14-19(15-13-18)25(35)31-21-11-6-8-16-30-21)32-24(34(23)29)20-10-7-9-17-33(20)27(37)39-28(2,3)4/h6,8,11-16,20H,5,7,9-10,17,29H2,1-4H3,(H,30,31,35)/t20-/m0/s1. The van der Waals surface area contributed by atoms with Gasteiger partial charge in [0.05, 0.1) is 12.6 Å². The van der Waals surface area contributed by atoms with Crippen molar-refractivity contribution >= 4 is 23.8 Å². The predicted molar refractivity (Wildman–Crippen MR) is 145 cm³/mol. The quantitative estimate of drug-likeness (QED) is 0.346. The molecule has 3 heterocycles. The van der Waals surface area contributed by atoms with E-state index in [9.17, 15) is 14.4 Å². The van der Waals surface area contributed by atoms with Gasteiger partial charge in [0, 0.05) is 23.9 Å². The normalized spacial score (nSPS) is 15.5. The average Bonchev–Trinajstić information content (AvgIpc) is 3.25. The predicted octanol–water partition coefficient (Wildman–Crippen LogP) is 4.55. The molecule has 2 aromatic heterocycles. The van der Waals surface area contributed by atoms with Gasteiger partial charge in [-0.15, -0.1) is 0 Å². The summed E-state index contributed by atoms with van der Waals surface area (Å²) < 4.78 is 12.1. The van der Waals surface area contributed by atoms with Gasteiger partial charge in [0.2, 0.25) is 0 Å². The summed E-state index contributed by atoms with van der Waals surface area (Å²) in [5.41, 5.74) is 0.670. The van der Waals surface area contributed by atoms with Crippen molar-refractivity contribution in [2.75, 3.05) is 24.3 Å². The fourth-order valence-corrected chi connectivity index (χ4v) is 4.42. The molecule has 1 fully saturated rings. The molecule has 0 spiro atoms. The minimum absolute atomic E-state index is 0.0623. The third-order valence-corrected chi connectivity index (χ3v) is 6.16. The number of nitrogens with zero attached hydrogens (tertiary/aromatic N) is 4. The van der Waals surface area contributed by atoms with E-state index in [1.165, 1.54) is 4.68 Å². The van der Waals surface area contributed by atoms with Crippen molar-refractivity contribution in [2.45, 2.75) is 58.6 Å². The maximum absolute atomic E-state index is 13.0. The Morgan fingerprint density at radius 2 is 1.85 bits per heavy atom. The van der Waals surface area contributed by atoms with E-state index in [0.29, 0.717) is 41.4 Å². The number of rotatable bonds is 6. The fraction of sp³-hybridized carbons (Fsp3) is 0.393. The van der Waals surface area contributed by atoms with E-state index in [0.717, 1.165) is 12.8 Å². The van der Waals surface area contributed by atoms with Crippen LogP contribution in [0.5, 0.6) is 0 Å². The van der Waals surface area contributed by atoms with E-state index in [-0.39, 0.29) is 18.2 Å². The Bertz CT molecular complexity index is 1330. The van der Waals surface area contributed by atoms with Crippen LogP contribution in [0.2, 0.25) is 0 Å². The molecule has 2 amide bonds. The number of piperidine rings is 1. The van der Waals surface area contributed by atoms with Gasteiger partial charge in [-0.05, 0) is 71.2 Å². The summed E-state index contributed by atoms with van der Waals surface area (Å²) >= 11 is 0. The number of likely N-dealkylation sites (tertiary alicyclic amines) is 1. The Hall–Kier alpha value is -4.41. The van der Waals surface area contributed by atoms with Gasteiger partial charge in [-0.1, -0.05) is 18.2 Å². The highest BCUT2D eigenvalue weighted by Crippen LogP contribution is 2.34. The molecule has 1 atom stereocenters. The van der Waals surface area contributed by atoms with Crippen LogP contribution in [0.3, 0.4) is 0 Å². The number of nitrogen functional groups attached to an aromatic ring is 1. The van der Waals surface area contributed by atoms with E-state index >= 15 is 0 Å². The van der Waals surface area contributed by atoms with Crippen LogP contribution in [0.1, 0.15) is 79.7 Å². The van der Waals surface area contributed by atoms with Crippen molar-refractivity contribution in [3.63, 3.8) is 0 Å². The Labute approximate surface area is 227 Å². The lowest BCUT2D eigenvalue weighted by molar-refractivity contribution is 0.00820. The summed E-state index contributed by atoms with van der Waals surface area (Å²) in [6.45, 7) is 7.77. The molecule has 3 aromatic rings. The molecule has 11 nitrogen and oxygen atoms in total. The second-order valence-electron chi connectivity index (χ2n) is 10.2. The SMILES string of the molecule is CCOC(=O)c1c(-c2ccc(C(=O)Nc3ccccn3)cc2)nc([C@@H]2CCCCN2C(=O)OC(C)(C)C)n1N. The van der Waals surface area contributed by atoms with E-state index in [1.807, 2.05) is 20.8 Å². The summed E-state index contributed by atoms with van der Waals surface area (Å²) in [6, 6.07) is 11.4. The lowest BCUT2D eigenvalue weighted by Gasteiger charge is -2.36. The zero-order valence-corrected chi connectivity index (χ0v) is 22.6. The van der Waals surface area contributed by atoms with Crippen LogP contribution < -0.4 is 11.2 Å². The summed E-state index contributed by atoms with van der Waals surface area (Å²) in [5, 5.41) is 2.74. The zero-order chi connectivity index (χ0) is 28.2. The molecule has 1 saturated heterocycles. The van der Waals surface area contributed by atoms with E-state index in [4.69, 9.17) is 20.3 Å². The van der Waals surface area contributed by atoms with Gasteiger partial charge < -0.3 is 20.6 Å². The van der Waals surface area contributed by atoms with Gasteiger partial charge in [-0.3, -0.25) is 9.69 Å². The van der Waals surface area contributed by atoms with Crippen molar-refractivity contribution in [1.29, 1.82) is 0 Å². The summed E-state index contributed by atoms with van der Waals surface area (Å²) in [5.74, 6) is 6.29. The average molecular weight is 535 g/mol. The topological polar surface area (TPSA) is 142 Å². The minimum Gasteiger partial charge on any atom is -0.461 e. The van der Waals surface area contributed by atoms with Crippen LogP contribution in [-0.4, -0.2) is 56.3 Å². The van der Waals surface area contributed by atoms with E-state index < -0.39 is 23.7 Å². The highest BCUT2D eigenvalue weighted by molar-refractivity contribution is 6.04. The molecule has 11 heteroatoms. The van der Waals surface area contributed by atoms with Crippen molar-refractivity contribution < 1.29 is 23.9 Å². The van der Waals surface area contributed by atoms with Gasteiger partial charge in [0.1, 0.15) is 17.1 Å².